The standard InChI is InChI=1S/C19H25N3O4/c1-13-6-8-16(9-7-13)26-12-14(2)21-19(24)22-15(3)18(23)20-11-17-5-4-10-25-17/h4-10,14-15H,11-12H2,1-3H3,(H,20,23)(H2,21,22,24). The van der Waals surface area contributed by atoms with Crippen LogP contribution in [0.5, 0.6) is 5.75 Å². The number of benzene rings is 1. The van der Waals surface area contributed by atoms with Crippen LogP contribution in [0.1, 0.15) is 25.2 Å². The first kappa shape index (κ1) is 19.4. The third-order valence-electron chi connectivity index (χ3n) is 3.66. The molecule has 7 nitrogen and oxygen atoms in total. The molecule has 3 N–H and O–H groups in total. The summed E-state index contributed by atoms with van der Waals surface area (Å²) in [7, 11) is 0. The minimum absolute atomic E-state index is 0.213. The Balaban J connectivity index is 1.67. The molecule has 0 bridgehead atoms. The van der Waals surface area contributed by atoms with Gasteiger partial charge in [-0.05, 0) is 45.0 Å². The Morgan fingerprint density at radius 1 is 1.12 bits per heavy atom. The minimum Gasteiger partial charge on any atom is -0.491 e. The van der Waals surface area contributed by atoms with Crippen molar-refractivity contribution in [3.8, 4) is 5.75 Å². The van der Waals surface area contributed by atoms with Gasteiger partial charge in [-0.2, -0.15) is 0 Å². The molecule has 1 heterocycles. The van der Waals surface area contributed by atoms with Crippen LogP contribution in [0.15, 0.2) is 47.1 Å². The van der Waals surface area contributed by atoms with Crippen molar-refractivity contribution in [1.82, 2.24) is 16.0 Å². The molecule has 0 aliphatic rings. The largest absolute Gasteiger partial charge is 0.491 e. The Bertz CT molecular complexity index is 698. The van der Waals surface area contributed by atoms with E-state index in [1.165, 1.54) is 6.26 Å². The molecule has 0 spiro atoms. The van der Waals surface area contributed by atoms with E-state index in [9.17, 15) is 9.59 Å². The number of carbonyl (C=O) groups excluding carboxylic acids is 2. The van der Waals surface area contributed by atoms with E-state index in [1.54, 1.807) is 19.1 Å². The zero-order valence-corrected chi connectivity index (χ0v) is 15.2. The van der Waals surface area contributed by atoms with Gasteiger partial charge in [-0.1, -0.05) is 17.7 Å². The highest BCUT2D eigenvalue weighted by molar-refractivity contribution is 5.86. The number of carbonyl (C=O) groups is 2. The lowest BCUT2D eigenvalue weighted by molar-refractivity contribution is -0.122. The second kappa shape index (κ2) is 9.50. The van der Waals surface area contributed by atoms with Crippen molar-refractivity contribution in [3.05, 3.63) is 54.0 Å². The molecular formula is C19H25N3O4. The molecule has 0 saturated heterocycles. The third kappa shape index (κ3) is 6.51. The van der Waals surface area contributed by atoms with Crippen LogP contribution in [0.3, 0.4) is 0 Å². The quantitative estimate of drug-likeness (QED) is 0.675. The molecule has 0 fully saturated rings. The van der Waals surface area contributed by atoms with E-state index >= 15 is 0 Å². The van der Waals surface area contributed by atoms with Crippen LogP contribution in [0.4, 0.5) is 4.79 Å². The second-order valence-corrected chi connectivity index (χ2v) is 6.16. The molecule has 26 heavy (non-hydrogen) atoms. The van der Waals surface area contributed by atoms with Gasteiger partial charge >= 0.3 is 6.03 Å². The fraction of sp³-hybridized carbons (Fsp3) is 0.368. The van der Waals surface area contributed by atoms with E-state index < -0.39 is 12.1 Å². The summed E-state index contributed by atoms with van der Waals surface area (Å²) in [4.78, 5) is 24.0. The summed E-state index contributed by atoms with van der Waals surface area (Å²) < 4.78 is 10.8. The van der Waals surface area contributed by atoms with E-state index in [2.05, 4.69) is 16.0 Å². The molecule has 3 amide bonds. The fourth-order valence-corrected chi connectivity index (χ4v) is 2.17. The van der Waals surface area contributed by atoms with E-state index in [1.807, 2.05) is 38.1 Å². The first-order valence-electron chi connectivity index (χ1n) is 8.50. The van der Waals surface area contributed by atoms with E-state index in [-0.39, 0.29) is 18.5 Å². The highest BCUT2D eigenvalue weighted by atomic mass is 16.5. The smallest absolute Gasteiger partial charge is 0.315 e. The monoisotopic (exact) mass is 359 g/mol. The maximum absolute atomic E-state index is 12.0. The summed E-state index contributed by atoms with van der Waals surface area (Å²) in [5, 5.41) is 8.04. The van der Waals surface area contributed by atoms with Crippen LogP contribution in [-0.2, 0) is 11.3 Å². The molecule has 1 aromatic carbocycles. The highest BCUT2D eigenvalue weighted by Gasteiger charge is 2.17. The highest BCUT2D eigenvalue weighted by Crippen LogP contribution is 2.11. The maximum Gasteiger partial charge on any atom is 0.315 e. The van der Waals surface area contributed by atoms with Gasteiger partial charge < -0.3 is 25.1 Å². The Morgan fingerprint density at radius 2 is 1.85 bits per heavy atom. The average molecular weight is 359 g/mol. The molecule has 1 aromatic heterocycles. The number of furan rings is 1. The van der Waals surface area contributed by atoms with Gasteiger partial charge in [0, 0.05) is 0 Å². The van der Waals surface area contributed by atoms with Crippen molar-refractivity contribution >= 4 is 11.9 Å². The number of hydrogen-bond donors (Lipinski definition) is 3. The molecule has 140 valence electrons. The molecule has 2 aromatic rings. The van der Waals surface area contributed by atoms with Crippen LogP contribution < -0.4 is 20.7 Å². The van der Waals surface area contributed by atoms with Gasteiger partial charge in [-0.3, -0.25) is 4.79 Å². The van der Waals surface area contributed by atoms with Gasteiger partial charge in [0.25, 0.3) is 0 Å². The normalized spacial score (nSPS) is 12.7. The summed E-state index contributed by atoms with van der Waals surface area (Å²) in [6.45, 7) is 6.06. The van der Waals surface area contributed by atoms with Crippen LogP contribution in [-0.4, -0.2) is 30.6 Å². The third-order valence-corrected chi connectivity index (χ3v) is 3.66. The zero-order valence-electron chi connectivity index (χ0n) is 15.2. The molecule has 2 rings (SSSR count). The van der Waals surface area contributed by atoms with Crippen LogP contribution in [0.2, 0.25) is 0 Å². The van der Waals surface area contributed by atoms with Gasteiger partial charge in [0.05, 0.1) is 18.8 Å². The molecular weight excluding hydrogens is 334 g/mol. The SMILES string of the molecule is Cc1ccc(OCC(C)NC(=O)NC(C)C(=O)NCc2ccco2)cc1. The molecule has 7 heteroatoms. The summed E-state index contributed by atoms with van der Waals surface area (Å²) in [6, 6.07) is 9.89. The maximum atomic E-state index is 12.0. The van der Waals surface area contributed by atoms with Gasteiger partial charge in [-0.15, -0.1) is 0 Å². The summed E-state index contributed by atoms with van der Waals surface area (Å²) >= 11 is 0. The number of hydrogen-bond acceptors (Lipinski definition) is 4. The van der Waals surface area contributed by atoms with Gasteiger partial charge in [0.2, 0.25) is 5.91 Å². The lowest BCUT2D eigenvalue weighted by Gasteiger charge is -2.18. The number of ether oxygens (including phenoxy) is 1. The van der Waals surface area contributed by atoms with Crippen LogP contribution in [0, 0.1) is 6.92 Å². The van der Waals surface area contributed by atoms with Gasteiger partial charge in [0.15, 0.2) is 0 Å². The van der Waals surface area contributed by atoms with Crippen LogP contribution in [0.25, 0.3) is 0 Å². The number of urea groups is 1. The topological polar surface area (TPSA) is 92.6 Å². The molecule has 0 aliphatic carbocycles. The zero-order chi connectivity index (χ0) is 18.9. The van der Waals surface area contributed by atoms with Crippen molar-refractivity contribution in [1.29, 1.82) is 0 Å². The molecule has 0 aliphatic heterocycles. The van der Waals surface area contributed by atoms with Crippen molar-refractivity contribution in [3.63, 3.8) is 0 Å². The number of nitrogens with one attached hydrogen (secondary N) is 3. The molecule has 2 atom stereocenters. The van der Waals surface area contributed by atoms with Crippen molar-refractivity contribution in [2.75, 3.05) is 6.61 Å². The van der Waals surface area contributed by atoms with Crippen molar-refractivity contribution in [2.45, 2.75) is 39.4 Å². The van der Waals surface area contributed by atoms with Gasteiger partial charge in [0.1, 0.15) is 24.2 Å². The summed E-state index contributed by atoms with van der Waals surface area (Å²) in [5.41, 5.74) is 1.15. The summed E-state index contributed by atoms with van der Waals surface area (Å²) in [5.74, 6) is 1.10. The second-order valence-electron chi connectivity index (χ2n) is 6.16. The Kier molecular flexibility index (Phi) is 7.08. The molecule has 0 saturated carbocycles. The number of amides is 3. The molecule has 0 radical (unpaired) electrons. The van der Waals surface area contributed by atoms with E-state index in [0.29, 0.717) is 12.4 Å². The predicted molar refractivity (Wildman–Crippen MR) is 97.8 cm³/mol. The van der Waals surface area contributed by atoms with E-state index in [4.69, 9.17) is 9.15 Å². The summed E-state index contributed by atoms with van der Waals surface area (Å²) in [6.07, 6.45) is 1.54. The molecule has 2 unspecified atom stereocenters. The average Bonchev–Trinajstić information content (AvgIpc) is 3.12. The fourth-order valence-electron chi connectivity index (χ4n) is 2.17. The first-order chi connectivity index (χ1) is 12.4. The lowest BCUT2D eigenvalue weighted by Crippen LogP contribution is -2.51. The van der Waals surface area contributed by atoms with Crippen molar-refractivity contribution in [2.24, 2.45) is 0 Å². The lowest BCUT2D eigenvalue weighted by atomic mass is 10.2. The van der Waals surface area contributed by atoms with Crippen LogP contribution >= 0.6 is 0 Å². The minimum atomic E-state index is -0.671. The number of aryl methyl sites for hydroxylation is 1. The van der Waals surface area contributed by atoms with Gasteiger partial charge in [-0.25, -0.2) is 4.79 Å². The Hall–Kier alpha value is -2.96. The Labute approximate surface area is 153 Å². The number of rotatable bonds is 8. The van der Waals surface area contributed by atoms with Crippen molar-refractivity contribution < 1.29 is 18.7 Å². The van der Waals surface area contributed by atoms with E-state index in [0.717, 1.165) is 11.3 Å². The first-order valence-corrected chi connectivity index (χ1v) is 8.50. The predicted octanol–water partition coefficient (Wildman–Crippen LogP) is 2.36. The Morgan fingerprint density at radius 3 is 2.50 bits per heavy atom.